The summed E-state index contributed by atoms with van der Waals surface area (Å²) in [5, 5.41) is 0. The number of hydrogen-bond donors (Lipinski definition) is 1. The van der Waals surface area contributed by atoms with E-state index in [9.17, 15) is 0 Å². The van der Waals surface area contributed by atoms with Crippen LogP contribution >= 0.6 is 0 Å². The molecule has 0 saturated carbocycles. The second kappa shape index (κ2) is 5.32. The monoisotopic (exact) mass is 276 g/mol. The van der Waals surface area contributed by atoms with E-state index in [-0.39, 0.29) is 5.95 Å². The maximum atomic E-state index is 5.86. The fourth-order valence-corrected chi connectivity index (χ4v) is 2.19. The number of hydrogen-bond acceptors (Lipinski definition) is 4. The second-order valence-corrected chi connectivity index (χ2v) is 5.03. The third-order valence-electron chi connectivity index (χ3n) is 3.52. The van der Waals surface area contributed by atoms with Gasteiger partial charge < -0.3 is 5.73 Å². The molecule has 0 fully saturated rings. The summed E-state index contributed by atoms with van der Waals surface area (Å²) in [6, 6.07) is 12.0. The van der Waals surface area contributed by atoms with Crippen molar-refractivity contribution >= 4 is 5.95 Å². The van der Waals surface area contributed by atoms with E-state index in [1.54, 1.807) is 12.4 Å². The molecule has 3 rings (SSSR count). The number of benzene rings is 1. The molecule has 0 bridgehead atoms. The van der Waals surface area contributed by atoms with Crippen LogP contribution in [0.25, 0.3) is 22.5 Å². The number of rotatable bonds is 2. The molecule has 0 aliphatic carbocycles. The maximum Gasteiger partial charge on any atom is 0.221 e. The van der Waals surface area contributed by atoms with Crippen LogP contribution < -0.4 is 5.73 Å². The van der Waals surface area contributed by atoms with Gasteiger partial charge in [-0.15, -0.1) is 0 Å². The number of nitrogen functional groups attached to an aromatic ring is 1. The van der Waals surface area contributed by atoms with Gasteiger partial charge in [-0.05, 0) is 49.2 Å². The topological polar surface area (TPSA) is 64.7 Å². The van der Waals surface area contributed by atoms with Crippen molar-refractivity contribution in [2.45, 2.75) is 13.8 Å². The Morgan fingerprint density at radius 2 is 1.43 bits per heavy atom. The first-order chi connectivity index (χ1) is 10.1. The predicted molar refractivity (Wildman–Crippen MR) is 84.6 cm³/mol. The lowest BCUT2D eigenvalue weighted by atomic mass is 10.0. The predicted octanol–water partition coefficient (Wildman–Crippen LogP) is 3.40. The Morgan fingerprint density at radius 3 is 2.10 bits per heavy atom. The smallest absolute Gasteiger partial charge is 0.221 e. The molecule has 0 spiro atoms. The van der Waals surface area contributed by atoms with Crippen molar-refractivity contribution in [3.05, 3.63) is 59.9 Å². The fourth-order valence-electron chi connectivity index (χ4n) is 2.19. The Bertz CT molecular complexity index is 782. The molecule has 0 unspecified atom stereocenters. The lowest BCUT2D eigenvalue weighted by Gasteiger charge is -2.08. The first kappa shape index (κ1) is 13.2. The van der Waals surface area contributed by atoms with Crippen LogP contribution in [0.4, 0.5) is 5.95 Å². The first-order valence-electron chi connectivity index (χ1n) is 6.76. The van der Waals surface area contributed by atoms with Gasteiger partial charge in [0.2, 0.25) is 5.95 Å². The van der Waals surface area contributed by atoms with Crippen LogP contribution in [0.15, 0.2) is 48.8 Å². The molecule has 3 aromatic rings. The van der Waals surface area contributed by atoms with Gasteiger partial charge in [-0.1, -0.05) is 12.1 Å². The van der Waals surface area contributed by atoms with Crippen LogP contribution in [0.5, 0.6) is 0 Å². The highest BCUT2D eigenvalue weighted by molar-refractivity contribution is 5.69. The molecule has 1 aromatic carbocycles. The van der Waals surface area contributed by atoms with Crippen LogP contribution in [0.1, 0.15) is 11.1 Å². The molecule has 21 heavy (non-hydrogen) atoms. The molecular weight excluding hydrogens is 260 g/mol. The number of anilines is 1. The van der Waals surface area contributed by atoms with Crippen molar-refractivity contribution < 1.29 is 0 Å². The molecule has 104 valence electrons. The van der Waals surface area contributed by atoms with Crippen LogP contribution in [-0.2, 0) is 0 Å². The van der Waals surface area contributed by atoms with Gasteiger partial charge in [0, 0.05) is 23.5 Å². The minimum Gasteiger partial charge on any atom is -0.368 e. The summed E-state index contributed by atoms with van der Waals surface area (Å²) in [6.07, 6.45) is 3.48. The quantitative estimate of drug-likeness (QED) is 0.779. The van der Waals surface area contributed by atoms with Gasteiger partial charge in [-0.2, -0.15) is 0 Å². The lowest BCUT2D eigenvalue weighted by molar-refractivity contribution is 1.19. The van der Waals surface area contributed by atoms with Gasteiger partial charge >= 0.3 is 0 Å². The third kappa shape index (κ3) is 2.74. The zero-order chi connectivity index (χ0) is 14.8. The molecule has 2 heterocycles. The van der Waals surface area contributed by atoms with Crippen molar-refractivity contribution in [3.63, 3.8) is 0 Å². The van der Waals surface area contributed by atoms with E-state index < -0.39 is 0 Å². The van der Waals surface area contributed by atoms with E-state index in [1.807, 2.05) is 18.2 Å². The van der Waals surface area contributed by atoms with E-state index in [0.717, 1.165) is 22.5 Å². The largest absolute Gasteiger partial charge is 0.368 e. The molecule has 0 aliphatic rings. The molecule has 2 aromatic heterocycles. The average Bonchev–Trinajstić information content (AvgIpc) is 2.50. The molecular formula is C17H16N4. The van der Waals surface area contributed by atoms with Crippen molar-refractivity contribution in [3.8, 4) is 22.5 Å². The Hall–Kier alpha value is -2.75. The highest BCUT2D eigenvalue weighted by Gasteiger charge is 2.07. The van der Waals surface area contributed by atoms with Crippen molar-refractivity contribution in [2.75, 3.05) is 5.73 Å². The average molecular weight is 276 g/mol. The molecule has 0 aliphatic heterocycles. The molecule has 4 nitrogen and oxygen atoms in total. The van der Waals surface area contributed by atoms with Gasteiger partial charge in [0.1, 0.15) is 0 Å². The highest BCUT2D eigenvalue weighted by Crippen LogP contribution is 2.25. The normalized spacial score (nSPS) is 10.6. The van der Waals surface area contributed by atoms with Crippen LogP contribution in [-0.4, -0.2) is 15.0 Å². The van der Waals surface area contributed by atoms with Crippen molar-refractivity contribution in [1.29, 1.82) is 0 Å². The van der Waals surface area contributed by atoms with Crippen molar-refractivity contribution in [2.24, 2.45) is 0 Å². The zero-order valence-corrected chi connectivity index (χ0v) is 12.0. The Kier molecular flexibility index (Phi) is 3.36. The molecule has 0 radical (unpaired) electrons. The Balaban J connectivity index is 2.11. The Labute approximate surface area is 123 Å². The maximum absolute atomic E-state index is 5.86. The number of nitrogens with zero attached hydrogens (tertiary/aromatic N) is 3. The second-order valence-electron chi connectivity index (χ2n) is 5.03. The summed E-state index contributed by atoms with van der Waals surface area (Å²) >= 11 is 0. The number of aromatic nitrogens is 3. The third-order valence-corrected chi connectivity index (χ3v) is 3.52. The van der Waals surface area contributed by atoms with Crippen LogP contribution in [0, 0.1) is 13.8 Å². The van der Waals surface area contributed by atoms with E-state index in [0.29, 0.717) is 0 Å². The molecule has 2 N–H and O–H groups in total. The summed E-state index contributed by atoms with van der Waals surface area (Å²) in [5.41, 5.74) is 12.0. The van der Waals surface area contributed by atoms with E-state index in [1.165, 1.54) is 11.1 Å². The minimum absolute atomic E-state index is 0.276. The van der Waals surface area contributed by atoms with Gasteiger partial charge in [0.15, 0.2) is 0 Å². The van der Waals surface area contributed by atoms with Crippen LogP contribution in [0.3, 0.4) is 0 Å². The molecule has 0 saturated heterocycles. The van der Waals surface area contributed by atoms with E-state index in [4.69, 9.17) is 5.73 Å². The van der Waals surface area contributed by atoms with Gasteiger partial charge in [-0.25, -0.2) is 9.97 Å². The standard InChI is InChI=1S/C17H16N4/c1-11-3-4-14(9-12(11)2)16-10-15(20-17(18)21-16)13-5-7-19-8-6-13/h3-10H,1-2H3,(H2,18,20,21). The van der Waals surface area contributed by atoms with Gasteiger partial charge in [0.05, 0.1) is 11.4 Å². The van der Waals surface area contributed by atoms with Crippen molar-refractivity contribution in [1.82, 2.24) is 15.0 Å². The summed E-state index contributed by atoms with van der Waals surface area (Å²) in [7, 11) is 0. The first-order valence-corrected chi connectivity index (χ1v) is 6.76. The number of aryl methyl sites for hydroxylation is 2. The number of pyridine rings is 1. The summed E-state index contributed by atoms with van der Waals surface area (Å²) in [5.74, 6) is 0.276. The summed E-state index contributed by atoms with van der Waals surface area (Å²) in [4.78, 5) is 12.7. The zero-order valence-electron chi connectivity index (χ0n) is 12.0. The van der Waals surface area contributed by atoms with E-state index in [2.05, 4.69) is 47.0 Å². The summed E-state index contributed by atoms with van der Waals surface area (Å²) in [6.45, 7) is 4.18. The van der Waals surface area contributed by atoms with Crippen LogP contribution in [0.2, 0.25) is 0 Å². The molecule has 0 amide bonds. The Morgan fingerprint density at radius 1 is 0.762 bits per heavy atom. The minimum atomic E-state index is 0.276. The van der Waals surface area contributed by atoms with Gasteiger partial charge in [-0.3, -0.25) is 4.98 Å². The molecule has 4 heteroatoms. The lowest BCUT2D eigenvalue weighted by Crippen LogP contribution is -1.99. The highest BCUT2D eigenvalue weighted by atomic mass is 15.0. The fraction of sp³-hybridized carbons (Fsp3) is 0.118. The number of nitrogens with two attached hydrogens (primary N) is 1. The molecule has 0 atom stereocenters. The van der Waals surface area contributed by atoms with Gasteiger partial charge in [0.25, 0.3) is 0 Å². The van der Waals surface area contributed by atoms with E-state index >= 15 is 0 Å². The SMILES string of the molecule is Cc1ccc(-c2cc(-c3ccncc3)nc(N)n2)cc1C. The summed E-state index contributed by atoms with van der Waals surface area (Å²) < 4.78 is 0.